The first-order chi connectivity index (χ1) is 11.1. The average molecular weight is 315 g/mol. The Balaban J connectivity index is 2.37. The molecule has 0 aliphatic carbocycles. The molecule has 0 radical (unpaired) electrons. The number of carbonyl (C=O) groups is 2. The number of hydrogen-bond acceptors (Lipinski definition) is 5. The molecular formula is C17H17NO5. The van der Waals surface area contributed by atoms with Crippen molar-refractivity contribution in [1.29, 1.82) is 0 Å². The van der Waals surface area contributed by atoms with Crippen LogP contribution in [-0.4, -0.2) is 30.7 Å². The highest BCUT2D eigenvalue weighted by Crippen LogP contribution is 2.06. The fourth-order valence-corrected chi connectivity index (χ4v) is 2.17. The highest BCUT2D eigenvalue weighted by atomic mass is 16.5. The minimum Gasteiger partial charge on any atom is -0.465 e. The fraction of sp³-hybridized carbons (Fsp3) is 0.235. The normalized spacial score (nSPS) is 10.2. The molecule has 0 aliphatic rings. The van der Waals surface area contributed by atoms with Gasteiger partial charge in [0.25, 0.3) is 0 Å². The number of methoxy groups -OCH3 is 2. The maximum atomic E-state index is 12.2. The summed E-state index contributed by atoms with van der Waals surface area (Å²) in [5.41, 5.74) is 0.0250. The van der Waals surface area contributed by atoms with E-state index in [9.17, 15) is 14.4 Å². The number of nitrogens with zero attached hydrogens (tertiary/aromatic N) is 1. The van der Waals surface area contributed by atoms with Crippen LogP contribution in [0.5, 0.6) is 0 Å². The number of benzene rings is 1. The van der Waals surface area contributed by atoms with Gasteiger partial charge in [-0.25, -0.2) is 9.59 Å². The number of rotatable bonds is 5. The second kappa shape index (κ2) is 7.40. The van der Waals surface area contributed by atoms with Crippen molar-refractivity contribution in [1.82, 2.24) is 4.57 Å². The van der Waals surface area contributed by atoms with Crippen molar-refractivity contribution < 1.29 is 19.1 Å². The first-order valence-electron chi connectivity index (χ1n) is 7.01. The summed E-state index contributed by atoms with van der Waals surface area (Å²) >= 11 is 0. The second-order valence-corrected chi connectivity index (χ2v) is 4.87. The van der Waals surface area contributed by atoms with E-state index in [0.29, 0.717) is 13.0 Å². The Kier molecular flexibility index (Phi) is 5.30. The van der Waals surface area contributed by atoms with Gasteiger partial charge in [-0.15, -0.1) is 0 Å². The first-order valence-corrected chi connectivity index (χ1v) is 7.01. The molecule has 23 heavy (non-hydrogen) atoms. The van der Waals surface area contributed by atoms with Crippen LogP contribution >= 0.6 is 0 Å². The summed E-state index contributed by atoms with van der Waals surface area (Å²) in [7, 11) is 2.36. The number of aryl methyl sites for hydroxylation is 2. The third kappa shape index (κ3) is 3.85. The Morgan fingerprint density at radius 1 is 0.957 bits per heavy atom. The van der Waals surface area contributed by atoms with Crippen LogP contribution in [0.3, 0.4) is 0 Å². The largest absolute Gasteiger partial charge is 0.465 e. The van der Waals surface area contributed by atoms with Crippen molar-refractivity contribution in [2.24, 2.45) is 0 Å². The molecule has 6 heteroatoms. The van der Waals surface area contributed by atoms with Gasteiger partial charge in [0.15, 0.2) is 0 Å². The lowest BCUT2D eigenvalue weighted by Gasteiger charge is -2.10. The van der Waals surface area contributed by atoms with Crippen LogP contribution in [0.1, 0.15) is 26.3 Å². The number of hydrogen-bond donors (Lipinski definition) is 0. The summed E-state index contributed by atoms with van der Waals surface area (Å²) in [6.45, 7) is 0.498. The van der Waals surface area contributed by atoms with Gasteiger partial charge in [0.1, 0.15) is 11.1 Å². The van der Waals surface area contributed by atoms with Gasteiger partial charge in [0, 0.05) is 18.9 Å². The molecule has 0 N–H and O–H groups in total. The summed E-state index contributed by atoms with van der Waals surface area (Å²) in [6, 6.07) is 9.74. The molecule has 0 spiro atoms. The fourth-order valence-electron chi connectivity index (χ4n) is 2.17. The Morgan fingerprint density at radius 2 is 1.48 bits per heavy atom. The molecule has 0 atom stereocenters. The molecule has 0 aliphatic heterocycles. The monoisotopic (exact) mass is 315 g/mol. The molecule has 2 rings (SSSR count). The highest BCUT2D eigenvalue weighted by molar-refractivity contribution is 5.94. The summed E-state index contributed by atoms with van der Waals surface area (Å²) in [5.74, 6) is -1.57. The lowest BCUT2D eigenvalue weighted by molar-refractivity contribution is 0.0594. The van der Waals surface area contributed by atoms with Crippen LogP contribution in [0, 0.1) is 0 Å². The molecule has 6 nitrogen and oxygen atoms in total. The van der Waals surface area contributed by atoms with E-state index in [2.05, 4.69) is 9.47 Å². The standard InChI is InChI=1S/C17H17NO5/c1-22-16(20)13-10-18(9-8-12-6-4-3-5-7-12)11-14(15(13)19)17(21)23-2/h3-7,10-11H,8-9H2,1-2H3. The van der Waals surface area contributed by atoms with Gasteiger partial charge in [-0.1, -0.05) is 30.3 Å². The maximum absolute atomic E-state index is 12.2. The lowest BCUT2D eigenvalue weighted by Crippen LogP contribution is -2.26. The zero-order chi connectivity index (χ0) is 16.8. The van der Waals surface area contributed by atoms with Crippen LogP contribution in [0.2, 0.25) is 0 Å². The van der Waals surface area contributed by atoms with Crippen molar-refractivity contribution in [3.05, 3.63) is 69.6 Å². The van der Waals surface area contributed by atoms with Crippen molar-refractivity contribution in [2.45, 2.75) is 13.0 Å². The molecular weight excluding hydrogens is 298 g/mol. The van der Waals surface area contributed by atoms with E-state index in [0.717, 1.165) is 5.56 Å². The minimum absolute atomic E-state index is 0.191. The van der Waals surface area contributed by atoms with Crippen molar-refractivity contribution >= 4 is 11.9 Å². The molecule has 2 aromatic rings. The number of aromatic nitrogens is 1. The van der Waals surface area contributed by atoms with E-state index < -0.39 is 17.4 Å². The predicted molar refractivity (Wildman–Crippen MR) is 83.5 cm³/mol. The highest BCUT2D eigenvalue weighted by Gasteiger charge is 2.20. The Hall–Kier alpha value is -2.89. The van der Waals surface area contributed by atoms with E-state index in [1.165, 1.54) is 26.6 Å². The SMILES string of the molecule is COC(=O)c1cn(CCc2ccccc2)cc(C(=O)OC)c1=O. The van der Waals surface area contributed by atoms with E-state index in [1.807, 2.05) is 30.3 Å². The lowest BCUT2D eigenvalue weighted by atomic mass is 10.1. The van der Waals surface area contributed by atoms with Crippen LogP contribution in [-0.2, 0) is 22.4 Å². The summed E-state index contributed by atoms with van der Waals surface area (Å²) in [6.07, 6.45) is 3.47. The first kappa shape index (κ1) is 16.5. The third-order valence-corrected chi connectivity index (χ3v) is 3.39. The van der Waals surface area contributed by atoms with Gasteiger partial charge in [0.05, 0.1) is 14.2 Å². The third-order valence-electron chi connectivity index (χ3n) is 3.39. The van der Waals surface area contributed by atoms with Gasteiger partial charge in [-0.3, -0.25) is 4.79 Å². The zero-order valence-corrected chi connectivity index (χ0v) is 12.9. The van der Waals surface area contributed by atoms with Gasteiger partial charge < -0.3 is 14.0 Å². The molecule has 0 saturated carbocycles. The molecule has 0 fully saturated rings. The summed E-state index contributed by atoms with van der Waals surface area (Å²) in [4.78, 5) is 35.7. The van der Waals surface area contributed by atoms with Crippen molar-refractivity contribution in [2.75, 3.05) is 14.2 Å². The van der Waals surface area contributed by atoms with Crippen molar-refractivity contribution in [3.63, 3.8) is 0 Å². The Labute approximate surface area is 133 Å². The van der Waals surface area contributed by atoms with E-state index >= 15 is 0 Å². The van der Waals surface area contributed by atoms with Crippen LogP contribution in [0.4, 0.5) is 0 Å². The molecule has 1 heterocycles. The minimum atomic E-state index is -0.783. The molecule has 0 saturated heterocycles. The smallest absolute Gasteiger partial charge is 0.343 e. The molecule has 1 aromatic heterocycles. The molecule has 120 valence electrons. The van der Waals surface area contributed by atoms with E-state index in [4.69, 9.17) is 0 Å². The quantitative estimate of drug-likeness (QED) is 0.785. The average Bonchev–Trinajstić information content (AvgIpc) is 2.60. The van der Waals surface area contributed by atoms with Crippen LogP contribution in [0.25, 0.3) is 0 Å². The van der Waals surface area contributed by atoms with Crippen molar-refractivity contribution in [3.8, 4) is 0 Å². The zero-order valence-electron chi connectivity index (χ0n) is 12.9. The number of ether oxygens (including phenoxy) is 2. The van der Waals surface area contributed by atoms with E-state index in [1.54, 1.807) is 4.57 Å². The number of carbonyl (C=O) groups excluding carboxylic acids is 2. The topological polar surface area (TPSA) is 74.6 Å². The molecule has 0 bridgehead atoms. The van der Waals surface area contributed by atoms with Gasteiger partial charge >= 0.3 is 11.9 Å². The number of esters is 2. The molecule has 0 unspecified atom stereocenters. The van der Waals surface area contributed by atoms with Gasteiger partial charge in [0.2, 0.25) is 5.43 Å². The Morgan fingerprint density at radius 3 is 1.96 bits per heavy atom. The van der Waals surface area contributed by atoms with E-state index in [-0.39, 0.29) is 11.1 Å². The van der Waals surface area contributed by atoms with Crippen LogP contribution in [0.15, 0.2) is 47.5 Å². The predicted octanol–water partition coefficient (Wildman–Crippen LogP) is 1.66. The van der Waals surface area contributed by atoms with Crippen LogP contribution < -0.4 is 5.43 Å². The maximum Gasteiger partial charge on any atom is 0.343 e. The van der Waals surface area contributed by atoms with Gasteiger partial charge in [-0.05, 0) is 12.0 Å². The Bertz CT molecular complexity index is 724. The second-order valence-electron chi connectivity index (χ2n) is 4.87. The number of pyridine rings is 1. The van der Waals surface area contributed by atoms with Gasteiger partial charge in [-0.2, -0.15) is 0 Å². The summed E-state index contributed by atoms with van der Waals surface area (Å²) in [5, 5.41) is 0. The molecule has 0 amide bonds. The molecule has 1 aromatic carbocycles. The summed E-state index contributed by atoms with van der Waals surface area (Å²) < 4.78 is 10.8.